The summed E-state index contributed by atoms with van der Waals surface area (Å²) in [5.74, 6) is 2.75. The summed E-state index contributed by atoms with van der Waals surface area (Å²) >= 11 is 0. The van der Waals surface area contributed by atoms with Crippen LogP contribution in [0.25, 0.3) is 11.4 Å². The first-order valence-corrected chi connectivity index (χ1v) is 8.13. The summed E-state index contributed by atoms with van der Waals surface area (Å²) < 4.78 is 10.7. The summed E-state index contributed by atoms with van der Waals surface area (Å²) in [6.45, 7) is 1.71. The number of β-amino-alcohol motifs (C(OH)–C–C–N with tert-alkyl or cyclic N) is 1. The highest BCUT2D eigenvalue weighted by atomic mass is 16.5. The zero-order valence-electron chi connectivity index (χ0n) is 13.2. The van der Waals surface area contributed by atoms with E-state index in [4.69, 9.17) is 9.26 Å². The molecule has 1 saturated carbocycles. The molecular weight excluding hydrogens is 294 g/mol. The summed E-state index contributed by atoms with van der Waals surface area (Å²) in [5, 5.41) is 14.1. The Hall–Kier alpha value is -1.92. The van der Waals surface area contributed by atoms with Crippen molar-refractivity contribution in [2.75, 3.05) is 20.2 Å². The normalized spacial score (nSPS) is 25.0. The van der Waals surface area contributed by atoms with E-state index >= 15 is 0 Å². The molecule has 0 bridgehead atoms. The highest BCUT2D eigenvalue weighted by Crippen LogP contribution is 2.37. The number of hydrogen-bond donors (Lipinski definition) is 1. The molecule has 0 radical (unpaired) electrons. The summed E-state index contributed by atoms with van der Waals surface area (Å²) in [7, 11) is 1.64. The van der Waals surface area contributed by atoms with Gasteiger partial charge in [-0.1, -0.05) is 5.16 Å². The van der Waals surface area contributed by atoms with Gasteiger partial charge in [0.15, 0.2) is 0 Å². The first kappa shape index (κ1) is 14.7. The van der Waals surface area contributed by atoms with E-state index in [1.165, 1.54) is 12.8 Å². The van der Waals surface area contributed by atoms with E-state index in [1.807, 2.05) is 24.3 Å². The maximum atomic E-state index is 10.0. The fraction of sp³-hybridized carbons (Fsp3) is 0.529. The van der Waals surface area contributed by atoms with Crippen LogP contribution in [0, 0.1) is 5.92 Å². The summed E-state index contributed by atoms with van der Waals surface area (Å²) in [6, 6.07) is 7.62. The summed E-state index contributed by atoms with van der Waals surface area (Å²) in [4.78, 5) is 6.84. The zero-order valence-corrected chi connectivity index (χ0v) is 13.2. The van der Waals surface area contributed by atoms with Gasteiger partial charge in [0.05, 0.1) is 19.3 Å². The van der Waals surface area contributed by atoms with E-state index in [1.54, 1.807) is 7.11 Å². The molecule has 1 N–H and O–H groups in total. The molecule has 2 aromatic rings. The van der Waals surface area contributed by atoms with Gasteiger partial charge in [-0.2, -0.15) is 4.98 Å². The van der Waals surface area contributed by atoms with Gasteiger partial charge in [-0.25, -0.2) is 0 Å². The van der Waals surface area contributed by atoms with Crippen molar-refractivity contribution in [3.8, 4) is 17.1 Å². The Labute approximate surface area is 135 Å². The second-order valence-corrected chi connectivity index (χ2v) is 6.49. The first-order valence-electron chi connectivity index (χ1n) is 8.13. The number of aliphatic hydroxyl groups is 1. The quantitative estimate of drug-likeness (QED) is 0.912. The molecular formula is C17H21N3O3. The number of likely N-dealkylation sites (tertiary alicyclic amines) is 1. The van der Waals surface area contributed by atoms with Crippen molar-refractivity contribution in [3.05, 3.63) is 30.2 Å². The van der Waals surface area contributed by atoms with E-state index in [0.717, 1.165) is 23.8 Å². The predicted octanol–water partition coefficient (Wildman–Crippen LogP) is 2.26. The SMILES string of the molecule is COc1ccc(-c2noc([C@@H]3C[C@@H](O)CN3CC3CC3)n2)cc1. The number of methoxy groups -OCH3 is 1. The number of hydrogen-bond acceptors (Lipinski definition) is 6. The van der Waals surface area contributed by atoms with E-state index < -0.39 is 0 Å². The van der Waals surface area contributed by atoms with Gasteiger partial charge in [0.2, 0.25) is 11.7 Å². The van der Waals surface area contributed by atoms with Crippen molar-refractivity contribution in [3.63, 3.8) is 0 Å². The smallest absolute Gasteiger partial charge is 0.244 e. The lowest BCUT2D eigenvalue weighted by Crippen LogP contribution is -2.27. The van der Waals surface area contributed by atoms with Gasteiger partial charge in [-0.15, -0.1) is 0 Å². The first-order chi connectivity index (χ1) is 11.2. The average Bonchev–Trinajstić information content (AvgIpc) is 3.11. The molecule has 122 valence electrons. The molecule has 2 heterocycles. The molecule has 1 aliphatic heterocycles. The predicted molar refractivity (Wildman–Crippen MR) is 83.9 cm³/mol. The van der Waals surface area contributed by atoms with Gasteiger partial charge >= 0.3 is 0 Å². The van der Waals surface area contributed by atoms with Crippen LogP contribution < -0.4 is 4.74 Å². The Morgan fingerprint density at radius 3 is 2.78 bits per heavy atom. The fourth-order valence-electron chi connectivity index (χ4n) is 3.20. The third kappa shape index (κ3) is 3.09. The number of aliphatic hydroxyl groups excluding tert-OH is 1. The zero-order chi connectivity index (χ0) is 15.8. The second-order valence-electron chi connectivity index (χ2n) is 6.49. The van der Waals surface area contributed by atoms with Crippen molar-refractivity contribution in [2.45, 2.75) is 31.4 Å². The monoisotopic (exact) mass is 315 g/mol. The molecule has 1 aromatic heterocycles. The average molecular weight is 315 g/mol. The van der Waals surface area contributed by atoms with Crippen molar-refractivity contribution in [1.29, 1.82) is 0 Å². The van der Waals surface area contributed by atoms with Crippen molar-refractivity contribution in [1.82, 2.24) is 15.0 Å². The van der Waals surface area contributed by atoms with Crippen LogP contribution in [-0.2, 0) is 0 Å². The maximum Gasteiger partial charge on any atom is 0.244 e. The van der Waals surface area contributed by atoms with Crippen LogP contribution in [0.2, 0.25) is 0 Å². The van der Waals surface area contributed by atoms with Crippen LogP contribution in [0.1, 0.15) is 31.2 Å². The van der Waals surface area contributed by atoms with E-state index in [2.05, 4.69) is 15.0 Å². The lowest BCUT2D eigenvalue weighted by atomic mass is 10.2. The van der Waals surface area contributed by atoms with Gasteiger partial charge in [-0.05, 0) is 49.4 Å². The van der Waals surface area contributed by atoms with Crippen molar-refractivity contribution < 1.29 is 14.4 Å². The third-order valence-corrected chi connectivity index (χ3v) is 4.65. The van der Waals surface area contributed by atoms with Gasteiger partial charge in [0, 0.05) is 18.7 Å². The number of aromatic nitrogens is 2. The van der Waals surface area contributed by atoms with E-state index in [0.29, 0.717) is 24.7 Å². The van der Waals surface area contributed by atoms with Gasteiger partial charge < -0.3 is 14.4 Å². The highest BCUT2D eigenvalue weighted by Gasteiger charge is 2.38. The van der Waals surface area contributed by atoms with Gasteiger partial charge in [0.1, 0.15) is 5.75 Å². The molecule has 23 heavy (non-hydrogen) atoms. The summed E-state index contributed by atoms with van der Waals surface area (Å²) in [5.41, 5.74) is 0.896. The number of nitrogens with zero attached hydrogens (tertiary/aromatic N) is 3. The third-order valence-electron chi connectivity index (χ3n) is 4.65. The standard InChI is InChI=1S/C17H21N3O3/c1-22-14-6-4-12(5-7-14)16-18-17(23-19-16)15-8-13(21)10-20(15)9-11-2-3-11/h4-7,11,13,15,21H,2-3,8-10H2,1H3/t13-,15+/m1/s1. The maximum absolute atomic E-state index is 10.0. The van der Waals surface area contributed by atoms with E-state index in [-0.39, 0.29) is 12.1 Å². The van der Waals surface area contributed by atoms with Crippen LogP contribution >= 0.6 is 0 Å². The van der Waals surface area contributed by atoms with Crippen LogP contribution in [0.5, 0.6) is 5.75 Å². The molecule has 1 aromatic carbocycles. The minimum absolute atomic E-state index is 0.0325. The van der Waals surface area contributed by atoms with Gasteiger partial charge in [0.25, 0.3) is 0 Å². The lowest BCUT2D eigenvalue weighted by Gasteiger charge is -2.20. The van der Waals surface area contributed by atoms with Crippen LogP contribution in [-0.4, -0.2) is 46.5 Å². The Balaban J connectivity index is 1.53. The number of rotatable bonds is 5. The second kappa shape index (κ2) is 5.94. The molecule has 1 saturated heterocycles. The minimum atomic E-state index is -0.310. The Morgan fingerprint density at radius 1 is 1.30 bits per heavy atom. The Bertz CT molecular complexity index is 666. The molecule has 6 nitrogen and oxygen atoms in total. The molecule has 2 atom stereocenters. The fourth-order valence-corrected chi connectivity index (χ4v) is 3.20. The topological polar surface area (TPSA) is 71.6 Å². The molecule has 2 aliphatic rings. The lowest BCUT2D eigenvalue weighted by molar-refractivity contribution is 0.170. The van der Waals surface area contributed by atoms with Crippen LogP contribution in [0.4, 0.5) is 0 Å². The largest absolute Gasteiger partial charge is 0.497 e. The van der Waals surface area contributed by atoms with Crippen LogP contribution in [0.15, 0.2) is 28.8 Å². The van der Waals surface area contributed by atoms with Gasteiger partial charge in [-0.3, -0.25) is 4.90 Å². The highest BCUT2D eigenvalue weighted by molar-refractivity contribution is 5.55. The molecule has 2 fully saturated rings. The molecule has 0 spiro atoms. The number of ether oxygens (including phenoxy) is 1. The summed E-state index contributed by atoms with van der Waals surface area (Å²) in [6.07, 6.45) is 2.94. The molecule has 4 rings (SSSR count). The molecule has 0 unspecified atom stereocenters. The minimum Gasteiger partial charge on any atom is -0.497 e. The van der Waals surface area contributed by atoms with Crippen LogP contribution in [0.3, 0.4) is 0 Å². The molecule has 1 aliphatic carbocycles. The van der Waals surface area contributed by atoms with E-state index in [9.17, 15) is 5.11 Å². The molecule has 0 amide bonds. The Kier molecular flexibility index (Phi) is 3.79. The van der Waals surface area contributed by atoms with Crippen molar-refractivity contribution >= 4 is 0 Å². The van der Waals surface area contributed by atoms with Crippen molar-refractivity contribution in [2.24, 2.45) is 5.92 Å². The number of benzene rings is 1. The Morgan fingerprint density at radius 2 is 2.09 bits per heavy atom. The molecule has 6 heteroatoms.